The highest BCUT2D eigenvalue weighted by Gasteiger charge is 2.09. The average molecular weight is 245 g/mol. The quantitative estimate of drug-likeness (QED) is 0.725. The molecule has 4 heteroatoms. The third-order valence-electron chi connectivity index (χ3n) is 2.49. The smallest absolute Gasteiger partial charge is 0.253 e. The fourth-order valence-electron chi connectivity index (χ4n) is 1.56. The number of hydrogen-bond acceptors (Lipinski definition) is 3. The summed E-state index contributed by atoms with van der Waals surface area (Å²) >= 11 is 0. The molecule has 0 bridgehead atoms. The molecule has 2 N–H and O–H groups in total. The summed E-state index contributed by atoms with van der Waals surface area (Å²) in [4.78, 5) is 12.0. The fraction of sp³-hybridized carbons (Fsp3) is 0.429. The van der Waals surface area contributed by atoms with E-state index in [1.54, 1.807) is 6.07 Å². The van der Waals surface area contributed by atoms with Crippen LogP contribution in [0.15, 0.2) is 24.3 Å². The number of anilines is 1. The van der Waals surface area contributed by atoms with E-state index in [0.717, 1.165) is 18.7 Å². The van der Waals surface area contributed by atoms with Crippen LogP contribution in [0.1, 0.15) is 36.5 Å². The van der Waals surface area contributed by atoms with Crippen LogP contribution in [-0.4, -0.2) is 19.0 Å². The minimum atomic E-state index is -0.0906. The van der Waals surface area contributed by atoms with Crippen molar-refractivity contribution in [3.63, 3.8) is 0 Å². The van der Waals surface area contributed by atoms with E-state index in [2.05, 4.69) is 23.6 Å². The lowest BCUT2D eigenvalue weighted by molar-refractivity contribution is 0.0954. The lowest BCUT2D eigenvalue weighted by Crippen LogP contribution is -2.25. The van der Waals surface area contributed by atoms with Gasteiger partial charge in [0.25, 0.3) is 5.91 Å². The zero-order valence-electron chi connectivity index (χ0n) is 10.7. The molecule has 0 fully saturated rings. The largest absolute Gasteiger partial charge is 0.384 e. The maximum atomic E-state index is 12.0. The molecule has 1 rings (SSSR count). The Bertz CT molecular complexity index is 423. The molecule has 4 nitrogen and oxygen atoms in total. The molecule has 0 saturated heterocycles. The Balaban J connectivity index is 2.58. The summed E-state index contributed by atoms with van der Waals surface area (Å²) in [6.07, 6.45) is 2.17. The van der Waals surface area contributed by atoms with Crippen LogP contribution in [0.3, 0.4) is 0 Å². The van der Waals surface area contributed by atoms with Crippen LogP contribution in [-0.2, 0) is 0 Å². The van der Waals surface area contributed by atoms with Crippen LogP contribution in [0, 0.1) is 11.3 Å². The van der Waals surface area contributed by atoms with Gasteiger partial charge in [-0.3, -0.25) is 4.79 Å². The first-order chi connectivity index (χ1) is 8.79. The van der Waals surface area contributed by atoms with Crippen molar-refractivity contribution in [2.24, 2.45) is 0 Å². The molecule has 0 spiro atoms. The van der Waals surface area contributed by atoms with Crippen LogP contribution < -0.4 is 10.6 Å². The third-order valence-corrected chi connectivity index (χ3v) is 2.49. The highest BCUT2D eigenvalue weighted by molar-refractivity contribution is 5.99. The zero-order valence-corrected chi connectivity index (χ0v) is 10.7. The van der Waals surface area contributed by atoms with E-state index in [1.807, 2.05) is 18.2 Å². The first-order valence-corrected chi connectivity index (χ1v) is 6.27. The average Bonchev–Trinajstić information content (AvgIpc) is 2.41. The Labute approximate surface area is 108 Å². The lowest BCUT2D eigenvalue weighted by Gasteiger charge is -2.11. The van der Waals surface area contributed by atoms with Gasteiger partial charge in [-0.2, -0.15) is 5.26 Å². The molecule has 0 radical (unpaired) electrons. The standard InChI is InChI=1S/C14H19N3O/c1-2-10-16-13-8-4-3-7-12(13)14(18)17-11-6-5-9-15/h3-4,7-8,16H,2,5-6,10-11H2,1H3,(H,17,18). The number of rotatable bonds is 7. The Hall–Kier alpha value is -2.02. The van der Waals surface area contributed by atoms with Gasteiger partial charge in [-0.15, -0.1) is 0 Å². The van der Waals surface area contributed by atoms with Crippen molar-refractivity contribution in [1.82, 2.24) is 5.32 Å². The van der Waals surface area contributed by atoms with Gasteiger partial charge in [0.2, 0.25) is 0 Å². The number of nitrogens with zero attached hydrogens (tertiary/aromatic N) is 1. The number of carbonyl (C=O) groups is 1. The number of amides is 1. The normalized spacial score (nSPS) is 9.56. The molecule has 0 aliphatic rings. The second-order valence-corrected chi connectivity index (χ2v) is 3.99. The summed E-state index contributed by atoms with van der Waals surface area (Å²) in [5, 5.41) is 14.5. The topological polar surface area (TPSA) is 64.9 Å². The maximum absolute atomic E-state index is 12.0. The Morgan fingerprint density at radius 1 is 1.33 bits per heavy atom. The number of unbranched alkanes of at least 4 members (excludes halogenated alkanes) is 1. The van der Waals surface area contributed by atoms with Crippen molar-refractivity contribution in [2.45, 2.75) is 26.2 Å². The van der Waals surface area contributed by atoms with Gasteiger partial charge in [0.05, 0.1) is 11.6 Å². The van der Waals surface area contributed by atoms with Gasteiger partial charge in [-0.05, 0) is 25.0 Å². The van der Waals surface area contributed by atoms with Gasteiger partial charge in [-0.25, -0.2) is 0 Å². The van der Waals surface area contributed by atoms with Crippen molar-refractivity contribution in [3.8, 4) is 6.07 Å². The molecule has 0 unspecified atom stereocenters. The van der Waals surface area contributed by atoms with Crippen molar-refractivity contribution < 1.29 is 4.79 Å². The number of nitrogens with one attached hydrogen (secondary N) is 2. The molecule has 0 aliphatic carbocycles. The highest BCUT2D eigenvalue weighted by Crippen LogP contribution is 2.14. The number of carbonyl (C=O) groups excluding carboxylic acids is 1. The Kier molecular flexibility index (Phi) is 6.34. The molecule has 0 aromatic heterocycles. The third kappa shape index (κ3) is 4.46. The molecule has 0 aliphatic heterocycles. The SMILES string of the molecule is CCCNc1ccccc1C(=O)NCCCC#N. The number of hydrogen-bond donors (Lipinski definition) is 2. The molecule has 1 amide bonds. The van der Waals surface area contributed by atoms with E-state index in [4.69, 9.17) is 5.26 Å². The number of nitriles is 1. The van der Waals surface area contributed by atoms with Crippen molar-refractivity contribution >= 4 is 11.6 Å². The Morgan fingerprint density at radius 3 is 2.83 bits per heavy atom. The summed E-state index contributed by atoms with van der Waals surface area (Å²) in [6, 6.07) is 9.52. The van der Waals surface area contributed by atoms with E-state index >= 15 is 0 Å². The van der Waals surface area contributed by atoms with Gasteiger partial charge in [0, 0.05) is 25.2 Å². The zero-order chi connectivity index (χ0) is 13.2. The predicted molar refractivity (Wildman–Crippen MR) is 72.4 cm³/mol. The molecule has 0 atom stereocenters. The summed E-state index contributed by atoms with van der Waals surface area (Å²) in [7, 11) is 0. The molecule has 1 aromatic rings. The first-order valence-electron chi connectivity index (χ1n) is 6.27. The summed E-state index contributed by atoms with van der Waals surface area (Å²) < 4.78 is 0. The van der Waals surface area contributed by atoms with Crippen LogP contribution in [0.25, 0.3) is 0 Å². The van der Waals surface area contributed by atoms with Gasteiger partial charge in [0.15, 0.2) is 0 Å². The molecular formula is C14H19N3O. The van der Waals surface area contributed by atoms with Crippen molar-refractivity contribution in [3.05, 3.63) is 29.8 Å². The molecule has 0 heterocycles. The minimum absolute atomic E-state index is 0.0906. The van der Waals surface area contributed by atoms with Gasteiger partial charge < -0.3 is 10.6 Å². The van der Waals surface area contributed by atoms with Gasteiger partial charge in [0.1, 0.15) is 0 Å². The number of para-hydroxylation sites is 1. The minimum Gasteiger partial charge on any atom is -0.384 e. The van der Waals surface area contributed by atoms with Crippen molar-refractivity contribution in [2.75, 3.05) is 18.4 Å². The lowest BCUT2D eigenvalue weighted by atomic mass is 10.1. The fourth-order valence-corrected chi connectivity index (χ4v) is 1.56. The summed E-state index contributed by atoms with van der Waals surface area (Å²) in [5.74, 6) is -0.0906. The van der Waals surface area contributed by atoms with E-state index in [9.17, 15) is 4.79 Å². The van der Waals surface area contributed by atoms with E-state index in [0.29, 0.717) is 24.9 Å². The molecule has 1 aromatic carbocycles. The molecule has 0 saturated carbocycles. The summed E-state index contributed by atoms with van der Waals surface area (Å²) in [6.45, 7) is 3.46. The van der Waals surface area contributed by atoms with Gasteiger partial charge in [-0.1, -0.05) is 19.1 Å². The summed E-state index contributed by atoms with van der Waals surface area (Å²) in [5.41, 5.74) is 1.51. The molecular weight excluding hydrogens is 226 g/mol. The van der Waals surface area contributed by atoms with E-state index < -0.39 is 0 Å². The predicted octanol–water partition coefficient (Wildman–Crippen LogP) is 2.54. The van der Waals surface area contributed by atoms with E-state index in [-0.39, 0.29) is 5.91 Å². The second kappa shape index (κ2) is 8.13. The first kappa shape index (κ1) is 14.0. The van der Waals surface area contributed by atoms with Crippen LogP contribution in [0.5, 0.6) is 0 Å². The number of benzene rings is 1. The molecule has 96 valence electrons. The van der Waals surface area contributed by atoms with Crippen LogP contribution in [0.4, 0.5) is 5.69 Å². The van der Waals surface area contributed by atoms with E-state index in [1.165, 1.54) is 0 Å². The monoisotopic (exact) mass is 245 g/mol. The highest BCUT2D eigenvalue weighted by atomic mass is 16.1. The van der Waals surface area contributed by atoms with Crippen molar-refractivity contribution in [1.29, 1.82) is 5.26 Å². The molecule has 18 heavy (non-hydrogen) atoms. The van der Waals surface area contributed by atoms with Crippen LogP contribution >= 0.6 is 0 Å². The Morgan fingerprint density at radius 2 is 2.11 bits per heavy atom. The second-order valence-electron chi connectivity index (χ2n) is 3.99. The maximum Gasteiger partial charge on any atom is 0.253 e. The van der Waals surface area contributed by atoms with Crippen LogP contribution in [0.2, 0.25) is 0 Å². The van der Waals surface area contributed by atoms with Gasteiger partial charge >= 0.3 is 0 Å².